The zero-order chi connectivity index (χ0) is 18.9. The van der Waals surface area contributed by atoms with Crippen molar-refractivity contribution < 1.29 is 19.7 Å². The van der Waals surface area contributed by atoms with E-state index in [-0.39, 0.29) is 22.8 Å². The van der Waals surface area contributed by atoms with E-state index in [2.05, 4.69) is 26.0 Å². The molecule has 0 aromatic rings. The van der Waals surface area contributed by atoms with Crippen molar-refractivity contribution in [2.75, 3.05) is 0 Å². The molecule has 0 bridgehead atoms. The largest absolute Gasteiger partial charge is 0.460 e. The van der Waals surface area contributed by atoms with Gasteiger partial charge in [-0.25, -0.2) is 0 Å². The molecule has 0 spiro atoms. The van der Waals surface area contributed by atoms with Crippen molar-refractivity contribution >= 4 is 5.97 Å². The Morgan fingerprint density at radius 1 is 1.23 bits per heavy atom. The number of hydrogen-bond donors (Lipinski definition) is 3. The van der Waals surface area contributed by atoms with Gasteiger partial charge in [0.2, 0.25) is 0 Å². The normalized spacial score (nSPS) is 50.1. The molecule has 8 atom stereocenters. The molecule has 0 aromatic carbocycles. The lowest BCUT2D eigenvalue weighted by atomic mass is 9.50. The lowest BCUT2D eigenvalue weighted by molar-refractivity contribution is -0.157. The predicted octanol–water partition coefficient (Wildman–Crippen LogP) is 2.07. The van der Waals surface area contributed by atoms with Crippen molar-refractivity contribution in [1.82, 2.24) is 0 Å². The van der Waals surface area contributed by atoms with Crippen LogP contribution in [0, 0.1) is 22.7 Å². The summed E-state index contributed by atoms with van der Waals surface area (Å²) in [6.07, 6.45) is 6.84. The van der Waals surface area contributed by atoms with Crippen LogP contribution >= 0.6 is 0 Å². The van der Waals surface area contributed by atoms with Crippen molar-refractivity contribution in [3.63, 3.8) is 0 Å². The summed E-state index contributed by atoms with van der Waals surface area (Å²) >= 11 is 0. The number of aliphatic hydroxyl groups is 2. The number of allylic oxidation sites excluding steroid dienone is 3. The van der Waals surface area contributed by atoms with Gasteiger partial charge in [-0.1, -0.05) is 37.1 Å². The molecule has 0 radical (unpaired) electrons. The van der Waals surface area contributed by atoms with Crippen LogP contribution in [-0.4, -0.2) is 40.5 Å². The van der Waals surface area contributed by atoms with Gasteiger partial charge in [0, 0.05) is 13.0 Å². The minimum atomic E-state index is -0.635. The minimum Gasteiger partial charge on any atom is -0.460 e. The Hall–Kier alpha value is -1.17. The van der Waals surface area contributed by atoms with Crippen molar-refractivity contribution in [1.29, 1.82) is 0 Å². The van der Waals surface area contributed by atoms with Crippen molar-refractivity contribution in [3.8, 4) is 0 Å². The summed E-state index contributed by atoms with van der Waals surface area (Å²) in [5, 5.41) is 20.8. The van der Waals surface area contributed by atoms with E-state index in [0.717, 1.165) is 19.3 Å². The van der Waals surface area contributed by atoms with Gasteiger partial charge in [-0.15, -0.1) is 0 Å². The van der Waals surface area contributed by atoms with Crippen molar-refractivity contribution in [2.45, 2.75) is 77.2 Å². The Morgan fingerprint density at radius 3 is 2.65 bits per heavy atom. The number of rotatable bonds is 1. The molecular formula is C21H31NO4. The number of hydrogen-bond acceptors (Lipinski definition) is 5. The van der Waals surface area contributed by atoms with Crippen LogP contribution in [0.25, 0.3) is 0 Å². The number of nitrogens with two attached hydrogens (primary N) is 1. The van der Waals surface area contributed by atoms with E-state index in [9.17, 15) is 15.0 Å². The molecule has 4 N–H and O–H groups in total. The van der Waals surface area contributed by atoms with Gasteiger partial charge in [0.25, 0.3) is 0 Å². The average molecular weight is 361 g/mol. The van der Waals surface area contributed by atoms with Gasteiger partial charge < -0.3 is 20.7 Å². The third kappa shape index (κ3) is 2.44. The van der Waals surface area contributed by atoms with Crippen LogP contribution in [0.2, 0.25) is 0 Å². The number of carbonyl (C=O) groups is 1. The van der Waals surface area contributed by atoms with Crippen LogP contribution in [0.5, 0.6) is 0 Å². The Morgan fingerprint density at radius 2 is 1.96 bits per heavy atom. The summed E-state index contributed by atoms with van der Waals surface area (Å²) in [6, 6.07) is -0.172. The van der Waals surface area contributed by atoms with E-state index in [0.29, 0.717) is 24.7 Å². The van der Waals surface area contributed by atoms with E-state index >= 15 is 0 Å². The van der Waals surface area contributed by atoms with Gasteiger partial charge in [-0.05, 0) is 54.8 Å². The first-order chi connectivity index (χ1) is 12.2. The van der Waals surface area contributed by atoms with Crippen LogP contribution in [0.4, 0.5) is 0 Å². The Labute approximate surface area is 155 Å². The summed E-state index contributed by atoms with van der Waals surface area (Å²) in [5.41, 5.74) is 8.86. The van der Waals surface area contributed by atoms with Gasteiger partial charge in [0.15, 0.2) is 0 Å². The zero-order valence-electron chi connectivity index (χ0n) is 15.9. The van der Waals surface area contributed by atoms with Gasteiger partial charge in [-0.3, -0.25) is 4.79 Å². The van der Waals surface area contributed by atoms with Crippen LogP contribution < -0.4 is 5.73 Å². The Balaban J connectivity index is 1.68. The topological polar surface area (TPSA) is 92.8 Å². The molecule has 0 saturated heterocycles. The maximum atomic E-state index is 11.5. The highest BCUT2D eigenvalue weighted by Crippen LogP contribution is 2.63. The smallest absolute Gasteiger partial charge is 0.302 e. The van der Waals surface area contributed by atoms with Crippen LogP contribution in [0.3, 0.4) is 0 Å². The quantitative estimate of drug-likeness (QED) is 0.622. The molecule has 0 unspecified atom stereocenters. The maximum absolute atomic E-state index is 11.5. The van der Waals surface area contributed by atoms with Crippen LogP contribution in [0.15, 0.2) is 23.3 Å². The molecule has 3 saturated carbocycles. The number of esters is 1. The first-order valence-electron chi connectivity index (χ1n) is 9.87. The fourth-order valence-electron chi connectivity index (χ4n) is 6.40. The van der Waals surface area contributed by atoms with Crippen molar-refractivity contribution in [3.05, 3.63) is 23.3 Å². The molecule has 3 fully saturated rings. The van der Waals surface area contributed by atoms with E-state index in [1.807, 2.05) is 0 Å². The molecule has 5 heteroatoms. The Bertz CT molecular complexity index is 685. The molecule has 5 nitrogen and oxygen atoms in total. The molecular weight excluding hydrogens is 330 g/mol. The number of carbonyl (C=O) groups excluding carboxylic acids is 1. The van der Waals surface area contributed by atoms with Gasteiger partial charge in [-0.2, -0.15) is 0 Å². The van der Waals surface area contributed by atoms with E-state index in [1.54, 1.807) is 0 Å². The van der Waals surface area contributed by atoms with Crippen molar-refractivity contribution in [2.24, 2.45) is 28.4 Å². The fraction of sp³-hybridized carbons (Fsp3) is 0.762. The highest BCUT2D eigenvalue weighted by molar-refractivity contribution is 5.66. The third-order valence-electron chi connectivity index (χ3n) is 8.01. The summed E-state index contributed by atoms with van der Waals surface area (Å²) in [6.45, 7) is 5.89. The molecule has 0 aliphatic heterocycles. The van der Waals surface area contributed by atoms with E-state index in [1.165, 1.54) is 18.1 Å². The summed E-state index contributed by atoms with van der Waals surface area (Å²) in [5.74, 6) is 0.335. The average Bonchev–Trinajstić information content (AvgIpc) is 2.79. The molecule has 4 rings (SSSR count). The fourth-order valence-corrected chi connectivity index (χ4v) is 6.40. The number of fused-ring (bicyclic) bond motifs is 5. The second kappa shape index (κ2) is 5.91. The standard InChI is InChI=1S/C21H31NO4/c1-11(23)26-18-10-21(3)12(8-16(18)24)4-5-13-14(21)6-7-20(2)15(13)9-17(25)19(20)22/h4-5,14-19,24-25H,6-10,22H2,1-3H3/t14-,15-,16+,17+,18-,19-,20-,21-/m0/s1. The van der Waals surface area contributed by atoms with E-state index in [4.69, 9.17) is 10.5 Å². The molecule has 26 heavy (non-hydrogen) atoms. The van der Waals surface area contributed by atoms with Crippen LogP contribution in [-0.2, 0) is 9.53 Å². The Kier molecular flexibility index (Phi) is 4.14. The predicted molar refractivity (Wildman–Crippen MR) is 98.0 cm³/mol. The van der Waals surface area contributed by atoms with Crippen LogP contribution in [0.1, 0.15) is 52.9 Å². The third-order valence-corrected chi connectivity index (χ3v) is 8.01. The van der Waals surface area contributed by atoms with Gasteiger partial charge in [0.05, 0.1) is 12.2 Å². The first kappa shape index (κ1) is 18.2. The minimum absolute atomic E-state index is 0.0487. The number of aliphatic hydroxyl groups excluding tert-OH is 2. The molecule has 4 aliphatic carbocycles. The lowest BCUT2D eigenvalue weighted by Crippen LogP contribution is -2.52. The molecule has 144 valence electrons. The van der Waals surface area contributed by atoms with Gasteiger partial charge >= 0.3 is 5.97 Å². The maximum Gasteiger partial charge on any atom is 0.302 e. The molecule has 0 aromatic heterocycles. The van der Waals surface area contributed by atoms with Gasteiger partial charge in [0.1, 0.15) is 6.10 Å². The van der Waals surface area contributed by atoms with E-state index < -0.39 is 18.3 Å². The summed E-state index contributed by atoms with van der Waals surface area (Å²) < 4.78 is 5.44. The second-order valence-corrected chi connectivity index (χ2v) is 9.38. The summed E-state index contributed by atoms with van der Waals surface area (Å²) in [4.78, 5) is 11.5. The number of ether oxygens (including phenoxy) is 1. The molecule has 4 aliphatic rings. The SMILES string of the molecule is CC(=O)O[C@H]1C[C@@]2(C)C(=CC=C3[C@@H]4C[C@@H](O)[C@H](N)[C@@]4(C)CC[C@@H]32)C[C@H]1O. The summed E-state index contributed by atoms with van der Waals surface area (Å²) in [7, 11) is 0. The monoisotopic (exact) mass is 361 g/mol. The highest BCUT2D eigenvalue weighted by atomic mass is 16.6. The zero-order valence-corrected chi connectivity index (χ0v) is 15.9. The second-order valence-electron chi connectivity index (χ2n) is 9.38. The highest BCUT2D eigenvalue weighted by Gasteiger charge is 2.59. The first-order valence-corrected chi connectivity index (χ1v) is 9.87. The molecule has 0 amide bonds. The lowest BCUT2D eigenvalue weighted by Gasteiger charge is -2.55. The molecule has 0 heterocycles.